The number of Topliss-reactive ketones (excluding diaryl/α,β-unsaturated/α-hetero) is 1. The van der Waals surface area contributed by atoms with Gasteiger partial charge in [-0.15, -0.1) is 0 Å². The molecule has 1 aliphatic heterocycles. The number of rotatable bonds is 4. The molecule has 2 aromatic carbocycles. The molecule has 0 aromatic heterocycles. The Morgan fingerprint density at radius 1 is 1.12 bits per heavy atom. The highest BCUT2D eigenvalue weighted by atomic mass is 35.5. The van der Waals surface area contributed by atoms with E-state index in [9.17, 15) is 9.59 Å². The number of benzene rings is 2. The van der Waals surface area contributed by atoms with E-state index < -0.39 is 11.9 Å². The van der Waals surface area contributed by atoms with Crippen LogP contribution in [0.2, 0.25) is 10.0 Å². The van der Waals surface area contributed by atoms with Crippen molar-refractivity contribution in [3.8, 4) is 0 Å². The number of hydrogen-bond donors (Lipinski definition) is 1. The number of esters is 1. The van der Waals surface area contributed by atoms with E-state index in [1.165, 1.54) is 0 Å². The number of allylic oxidation sites excluding steroid dienone is 3. The minimum atomic E-state index is -0.608. The molecule has 1 aliphatic carbocycles. The molecule has 1 atom stereocenters. The number of dihydropyridines is 1. The molecule has 1 heterocycles. The molecule has 1 N–H and O–H groups in total. The predicted molar refractivity (Wildman–Crippen MR) is 126 cm³/mol. The quantitative estimate of drug-likeness (QED) is 0.530. The molecule has 6 heteroatoms. The minimum absolute atomic E-state index is 0.0145. The average molecular weight is 470 g/mol. The predicted octanol–water partition coefficient (Wildman–Crippen LogP) is 6.34. The summed E-state index contributed by atoms with van der Waals surface area (Å²) < 4.78 is 5.67. The van der Waals surface area contributed by atoms with Crippen molar-refractivity contribution in [2.75, 3.05) is 0 Å². The van der Waals surface area contributed by atoms with Crippen LogP contribution in [0.3, 0.4) is 0 Å². The maximum atomic E-state index is 13.3. The standard InChI is InChI=1S/C26H25Cl2NO3/c1-15-22(25(31)32-14-16-7-5-4-6-8-16)23(18-10-9-17(27)11-19(18)28)24-20(29-15)12-26(2,3)13-21(24)30/h4-11,23,29H,12-14H2,1-3H3. The van der Waals surface area contributed by atoms with Gasteiger partial charge in [-0.05, 0) is 42.0 Å². The van der Waals surface area contributed by atoms with E-state index in [1.54, 1.807) is 18.2 Å². The summed E-state index contributed by atoms with van der Waals surface area (Å²) in [4.78, 5) is 26.6. The lowest BCUT2D eigenvalue weighted by Crippen LogP contribution is -2.38. The summed E-state index contributed by atoms with van der Waals surface area (Å²) in [6.07, 6.45) is 1.11. The molecule has 0 saturated heterocycles. The summed E-state index contributed by atoms with van der Waals surface area (Å²) in [6, 6.07) is 14.6. The van der Waals surface area contributed by atoms with Crippen molar-refractivity contribution in [1.29, 1.82) is 0 Å². The Labute approximate surface area is 198 Å². The Morgan fingerprint density at radius 3 is 2.53 bits per heavy atom. The number of nitrogens with one attached hydrogen (secondary N) is 1. The van der Waals surface area contributed by atoms with Crippen LogP contribution in [0.5, 0.6) is 0 Å². The fraction of sp³-hybridized carbons (Fsp3) is 0.308. The van der Waals surface area contributed by atoms with Gasteiger partial charge in [0.1, 0.15) is 6.61 Å². The Morgan fingerprint density at radius 2 is 1.84 bits per heavy atom. The number of carbonyl (C=O) groups is 2. The summed E-state index contributed by atoms with van der Waals surface area (Å²) in [5, 5.41) is 4.24. The second-order valence-electron chi connectivity index (χ2n) is 9.16. The van der Waals surface area contributed by atoms with Gasteiger partial charge in [0.25, 0.3) is 0 Å². The zero-order valence-corrected chi connectivity index (χ0v) is 19.8. The highest BCUT2D eigenvalue weighted by Crippen LogP contribution is 2.48. The molecule has 0 bridgehead atoms. The minimum Gasteiger partial charge on any atom is -0.457 e. The van der Waals surface area contributed by atoms with E-state index in [1.807, 2.05) is 37.3 Å². The number of halogens is 2. The lowest BCUT2D eigenvalue weighted by molar-refractivity contribution is -0.140. The van der Waals surface area contributed by atoms with Gasteiger partial charge in [-0.3, -0.25) is 4.79 Å². The molecule has 2 aliphatic rings. The van der Waals surface area contributed by atoms with Crippen molar-refractivity contribution in [1.82, 2.24) is 5.32 Å². The highest BCUT2D eigenvalue weighted by molar-refractivity contribution is 6.35. The van der Waals surface area contributed by atoms with Gasteiger partial charge in [0, 0.05) is 39.4 Å². The monoisotopic (exact) mass is 469 g/mol. The lowest BCUT2D eigenvalue weighted by atomic mass is 9.68. The lowest BCUT2D eigenvalue weighted by Gasteiger charge is -2.39. The van der Waals surface area contributed by atoms with Crippen LogP contribution in [0.4, 0.5) is 0 Å². The van der Waals surface area contributed by atoms with Crippen LogP contribution in [0.15, 0.2) is 71.1 Å². The second kappa shape index (κ2) is 8.76. The smallest absolute Gasteiger partial charge is 0.337 e. The fourth-order valence-electron chi connectivity index (χ4n) is 4.55. The third-order valence-corrected chi connectivity index (χ3v) is 6.51. The topological polar surface area (TPSA) is 55.4 Å². The first-order valence-corrected chi connectivity index (χ1v) is 11.3. The van der Waals surface area contributed by atoms with Gasteiger partial charge in [-0.25, -0.2) is 4.79 Å². The molecule has 0 saturated carbocycles. The maximum Gasteiger partial charge on any atom is 0.337 e. The van der Waals surface area contributed by atoms with Gasteiger partial charge in [-0.1, -0.05) is 73.4 Å². The highest BCUT2D eigenvalue weighted by Gasteiger charge is 2.43. The molecule has 166 valence electrons. The SMILES string of the molecule is CC1=C(C(=O)OCc2ccccc2)C(c2ccc(Cl)cc2Cl)C2=C(CC(C)(C)CC2=O)N1. The molecular formula is C26H25Cl2NO3. The molecule has 0 amide bonds. The van der Waals surface area contributed by atoms with Crippen molar-refractivity contribution in [2.45, 2.75) is 46.1 Å². The van der Waals surface area contributed by atoms with Gasteiger partial charge in [0.05, 0.1) is 5.57 Å². The summed E-state index contributed by atoms with van der Waals surface area (Å²) in [5.74, 6) is -1.07. The summed E-state index contributed by atoms with van der Waals surface area (Å²) in [5.41, 5.74) is 3.90. The molecule has 0 spiro atoms. The maximum absolute atomic E-state index is 13.3. The van der Waals surface area contributed by atoms with Gasteiger partial charge < -0.3 is 10.1 Å². The fourth-order valence-corrected chi connectivity index (χ4v) is 5.07. The number of carbonyl (C=O) groups excluding carboxylic acids is 2. The van der Waals surface area contributed by atoms with E-state index in [0.29, 0.717) is 45.3 Å². The van der Waals surface area contributed by atoms with Gasteiger partial charge in [-0.2, -0.15) is 0 Å². The van der Waals surface area contributed by atoms with Crippen LogP contribution in [-0.2, 0) is 20.9 Å². The Balaban J connectivity index is 1.77. The van der Waals surface area contributed by atoms with Crippen molar-refractivity contribution >= 4 is 35.0 Å². The van der Waals surface area contributed by atoms with Crippen molar-refractivity contribution in [3.63, 3.8) is 0 Å². The van der Waals surface area contributed by atoms with Gasteiger partial charge in [0.15, 0.2) is 5.78 Å². The number of ketones is 1. The largest absolute Gasteiger partial charge is 0.457 e. The molecule has 2 aromatic rings. The Kier molecular flexibility index (Phi) is 6.19. The molecule has 0 radical (unpaired) electrons. The summed E-state index contributed by atoms with van der Waals surface area (Å²) in [6.45, 7) is 6.13. The summed E-state index contributed by atoms with van der Waals surface area (Å²) >= 11 is 12.7. The molecule has 4 rings (SSSR count). The molecule has 4 nitrogen and oxygen atoms in total. The molecule has 0 fully saturated rings. The van der Waals surface area contributed by atoms with Crippen LogP contribution < -0.4 is 5.32 Å². The number of ether oxygens (including phenoxy) is 1. The van der Waals surface area contributed by atoms with E-state index in [0.717, 1.165) is 11.3 Å². The zero-order valence-electron chi connectivity index (χ0n) is 18.3. The average Bonchev–Trinajstić information content (AvgIpc) is 2.71. The van der Waals surface area contributed by atoms with E-state index in [4.69, 9.17) is 27.9 Å². The van der Waals surface area contributed by atoms with Crippen molar-refractivity contribution < 1.29 is 14.3 Å². The Hall–Kier alpha value is -2.56. The van der Waals surface area contributed by atoms with Crippen molar-refractivity contribution in [2.24, 2.45) is 5.41 Å². The first-order chi connectivity index (χ1) is 15.2. The molecular weight excluding hydrogens is 445 g/mol. The second-order valence-corrected chi connectivity index (χ2v) is 10.0. The molecule has 1 unspecified atom stereocenters. The summed E-state index contributed by atoms with van der Waals surface area (Å²) in [7, 11) is 0. The third-order valence-electron chi connectivity index (χ3n) is 5.95. The van der Waals surface area contributed by atoms with E-state index in [-0.39, 0.29) is 17.8 Å². The van der Waals surface area contributed by atoms with E-state index in [2.05, 4.69) is 19.2 Å². The first-order valence-electron chi connectivity index (χ1n) is 10.6. The number of hydrogen-bond acceptors (Lipinski definition) is 4. The first kappa shape index (κ1) is 22.6. The van der Waals surface area contributed by atoms with Crippen LogP contribution >= 0.6 is 23.2 Å². The van der Waals surface area contributed by atoms with Crippen LogP contribution in [0.25, 0.3) is 0 Å². The van der Waals surface area contributed by atoms with Crippen LogP contribution in [-0.4, -0.2) is 11.8 Å². The normalized spacial score (nSPS) is 20.0. The van der Waals surface area contributed by atoms with Crippen LogP contribution in [0, 0.1) is 5.41 Å². The molecule has 32 heavy (non-hydrogen) atoms. The van der Waals surface area contributed by atoms with E-state index >= 15 is 0 Å². The third kappa shape index (κ3) is 4.48. The van der Waals surface area contributed by atoms with Gasteiger partial charge >= 0.3 is 5.97 Å². The van der Waals surface area contributed by atoms with Crippen LogP contribution in [0.1, 0.15) is 50.7 Å². The van der Waals surface area contributed by atoms with Crippen molar-refractivity contribution in [3.05, 3.63) is 92.2 Å². The van der Waals surface area contributed by atoms with Gasteiger partial charge in [0.2, 0.25) is 0 Å². The zero-order chi connectivity index (χ0) is 23.0. The Bertz CT molecular complexity index is 1150.